The minimum atomic E-state index is -0.483. The van der Waals surface area contributed by atoms with Gasteiger partial charge >= 0.3 is 5.97 Å². The monoisotopic (exact) mass is 508 g/mol. The first-order valence-corrected chi connectivity index (χ1v) is 11.6. The zero-order valence-electron chi connectivity index (χ0n) is 19.3. The van der Waals surface area contributed by atoms with E-state index in [2.05, 4.69) is 9.97 Å². The second kappa shape index (κ2) is 9.82. The molecule has 0 N–H and O–H groups in total. The number of imide groups is 1. The average molecular weight is 509 g/mol. The number of halogens is 1. The molecular formula is C25H21ClN4O6. The summed E-state index contributed by atoms with van der Waals surface area (Å²) in [4.78, 5) is 49.7. The Kier molecular flexibility index (Phi) is 6.43. The van der Waals surface area contributed by atoms with Crippen LogP contribution in [0.2, 0.25) is 5.28 Å². The van der Waals surface area contributed by atoms with Crippen LogP contribution in [0.3, 0.4) is 0 Å². The van der Waals surface area contributed by atoms with Gasteiger partial charge < -0.3 is 19.1 Å². The van der Waals surface area contributed by atoms with Crippen LogP contribution in [0, 0.1) is 0 Å². The van der Waals surface area contributed by atoms with Crippen molar-refractivity contribution in [3.63, 3.8) is 0 Å². The Balaban J connectivity index is 1.51. The van der Waals surface area contributed by atoms with E-state index < -0.39 is 17.8 Å². The Hall–Kier alpha value is -4.18. The van der Waals surface area contributed by atoms with Crippen molar-refractivity contribution in [2.75, 3.05) is 24.8 Å². The maximum Gasteiger partial charge on any atom is 0.325 e. The first kappa shape index (κ1) is 23.6. The lowest BCUT2D eigenvalue weighted by Crippen LogP contribution is -2.34. The first-order chi connectivity index (χ1) is 17.5. The van der Waals surface area contributed by atoms with Gasteiger partial charge in [0.1, 0.15) is 12.4 Å². The van der Waals surface area contributed by atoms with Gasteiger partial charge in [0.15, 0.2) is 11.5 Å². The van der Waals surface area contributed by atoms with Gasteiger partial charge in [0.25, 0.3) is 11.8 Å². The molecule has 184 valence electrons. The van der Waals surface area contributed by atoms with E-state index in [1.54, 1.807) is 42.2 Å². The number of benzene rings is 2. The van der Waals surface area contributed by atoms with Gasteiger partial charge in [-0.15, -0.1) is 0 Å². The molecule has 11 heteroatoms. The number of carbonyl (C=O) groups excluding carboxylic acids is 3. The van der Waals surface area contributed by atoms with Gasteiger partial charge in [0, 0.05) is 23.9 Å². The summed E-state index contributed by atoms with van der Waals surface area (Å²) in [6.07, 6.45) is 1.45. The Morgan fingerprint density at radius 2 is 1.83 bits per heavy atom. The van der Waals surface area contributed by atoms with Crippen molar-refractivity contribution in [2.24, 2.45) is 0 Å². The van der Waals surface area contributed by atoms with Crippen molar-refractivity contribution in [1.82, 2.24) is 14.9 Å². The standard InChI is InChI=1S/C25H21ClN4O6/c1-2-34-20(31)13-29(11-15-6-5-9-19-21(15)36-14-35-19)22-16(10-27-25(26)28-22)12-30-23(32)17-7-3-4-8-18(17)24(30)33/h3-10H,2,11-14H2,1H3. The van der Waals surface area contributed by atoms with Gasteiger partial charge in [-0.3, -0.25) is 19.3 Å². The average Bonchev–Trinajstić information content (AvgIpc) is 3.45. The molecule has 2 aliphatic rings. The molecule has 10 nitrogen and oxygen atoms in total. The van der Waals surface area contributed by atoms with E-state index in [4.69, 9.17) is 25.8 Å². The fourth-order valence-electron chi connectivity index (χ4n) is 4.20. The third-order valence-corrected chi connectivity index (χ3v) is 5.97. The molecular weight excluding hydrogens is 488 g/mol. The van der Waals surface area contributed by atoms with E-state index >= 15 is 0 Å². The highest BCUT2D eigenvalue weighted by Gasteiger charge is 2.36. The molecule has 0 spiro atoms. The molecule has 3 heterocycles. The summed E-state index contributed by atoms with van der Waals surface area (Å²) < 4.78 is 16.3. The number of carbonyl (C=O) groups is 3. The molecule has 0 unspecified atom stereocenters. The topological polar surface area (TPSA) is 111 Å². The van der Waals surface area contributed by atoms with Gasteiger partial charge in [-0.05, 0) is 36.7 Å². The normalized spacial score (nSPS) is 13.7. The van der Waals surface area contributed by atoms with Crippen molar-refractivity contribution in [3.8, 4) is 11.5 Å². The number of para-hydroxylation sites is 1. The summed E-state index contributed by atoms with van der Waals surface area (Å²) in [5, 5.41) is -0.0529. The van der Waals surface area contributed by atoms with E-state index in [1.807, 2.05) is 12.1 Å². The van der Waals surface area contributed by atoms with Gasteiger partial charge in [-0.2, -0.15) is 0 Å². The van der Waals surface area contributed by atoms with Crippen molar-refractivity contribution in [2.45, 2.75) is 20.0 Å². The minimum Gasteiger partial charge on any atom is -0.465 e. The fourth-order valence-corrected chi connectivity index (χ4v) is 4.33. The van der Waals surface area contributed by atoms with E-state index in [1.165, 1.54) is 6.20 Å². The molecule has 0 aliphatic carbocycles. The lowest BCUT2D eigenvalue weighted by atomic mass is 10.1. The second-order valence-corrected chi connectivity index (χ2v) is 8.38. The molecule has 2 aromatic carbocycles. The minimum absolute atomic E-state index is 0.0529. The van der Waals surface area contributed by atoms with Crippen LogP contribution in [-0.4, -0.2) is 52.6 Å². The predicted molar refractivity (Wildman–Crippen MR) is 128 cm³/mol. The van der Waals surface area contributed by atoms with Crippen LogP contribution >= 0.6 is 11.6 Å². The summed E-state index contributed by atoms with van der Waals surface area (Å²) in [6, 6.07) is 12.1. The maximum absolute atomic E-state index is 13.0. The molecule has 1 aromatic heterocycles. The molecule has 0 fully saturated rings. The van der Waals surface area contributed by atoms with Crippen LogP contribution in [0.25, 0.3) is 0 Å². The highest BCUT2D eigenvalue weighted by atomic mass is 35.5. The number of amides is 2. The van der Waals surface area contributed by atoms with Crippen molar-refractivity contribution < 1.29 is 28.6 Å². The SMILES string of the molecule is CCOC(=O)CN(Cc1cccc2c1OCO2)c1nc(Cl)ncc1CN1C(=O)c2ccccc2C1=O. The number of nitrogens with zero attached hydrogens (tertiary/aromatic N) is 4. The smallest absolute Gasteiger partial charge is 0.325 e. The zero-order valence-corrected chi connectivity index (χ0v) is 20.0. The van der Waals surface area contributed by atoms with E-state index in [0.29, 0.717) is 28.2 Å². The Labute approximate surface area is 211 Å². The number of hydrogen-bond acceptors (Lipinski definition) is 9. The van der Waals surface area contributed by atoms with Crippen LogP contribution in [0.4, 0.5) is 5.82 Å². The van der Waals surface area contributed by atoms with E-state index in [9.17, 15) is 14.4 Å². The largest absolute Gasteiger partial charge is 0.465 e. The number of rotatable bonds is 8. The van der Waals surface area contributed by atoms with Crippen LogP contribution in [-0.2, 0) is 22.6 Å². The summed E-state index contributed by atoms with van der Waals surface area (Å²) in [6.45, 7) is 1.93. The zero-order chi connectivity index (χ0) is 25.2. The predicted octanol–water partition coefficient (Wildman–Crippen LogP) is 3.22. The number of esters is 1. The molecule has 3 aromatic rings. The molecule has 36 heavy (non-hydrogen) atoms. The lowest BCUT2D eigenvalue weighted by molar-refractivity contribution is -0.141. The van der Waals surface area contributed by atoms with Gasteiger partial charge in [0.2, 0.25) is 12.1 Å². The van der Waals surface area contributed by atoms with Gasteiger partial charge in [-0.25, -0.2) is 9.97 Å². The van der Waals surface area contributed by atoms with Crippen LogP contribution in [0.15, 0.2) is 48.7 Å². The summed E-state index contributed by atoms with van der Waals surface area (Å²) in [7, 11) is 0. The molecule has 5 rings (SSSR count). The molecule has 2 amide bonds. The fraction of sp³-hybridized carbons (Fsp3) is 0.240. The summed E-state index contributed by atoms with van der Waals surface area (Å²) in [5.41, 5.74) is 1.84. The third kappa shape index (κ3) is 4.42. The Morgan fingerprint density at radius 1 is 1.08 bits per heavy atom. The highest BCUT2D eigenvalue weighted by molar-refractivity contribution is 6.28. The number of aromatic nitrogens is 2. The van der Waals surface area contributed by atoms with Gasteiger partial charge in [0.05, 0.1) is 24.3 Å². The summed E-state index contributed by atoms with van der Waals surface area (Å²) >= 11 is 6.15. The van der Waals surface area contributed by atoms with Crippen LogP contribution in [0.1, 0.15) is 38.8 Å². The molecule has 0 saturated heterocycles. The molecule has 0 bridgehead atoms. The van der Waals surface area contributed by atoms with Crippen LogP contribution < -0.4 is 14.4 Å². The van der Waals surface area contributed by atoms with E-state index in [-0.39, 0.29) is 44.1 Å². The summed E-state index contributed by atoms with van der Waals surface area (Å²) in [5.74, 6) is 0.128. The van der Waals surface area contributed by atoms with Crippen molar-refractivity contribution >= 4 is 35.2 Å². The number of ether oxygens (including phenoxy) is 3. The Morgan fingerprint density at radius 3 is 2.56 bits per heavy atom. The Bertz CT molecular complexity index is 1330. The van der Waals surface area contributed by atoms with Crippen LogP contribution in [0.5, 0.6) is 11.5 Å². The van der Waals surface area contributed by atoms with Gasteiger partial charge in [-0.1, -0.05) is 24.3 Å². The maximum atomic E-state index is 13.0. The number of fused-ring (bicyclic) bond motifs is 2. The highest BCUT2D eigenvalue weighted by Crippen LogP contribution is 2.37. The molecule has 0 atom stereocenters. The third-order valence-electron chi connectivity index (χ3n) is 5.78. The lowest BCUT2D eigenvalue weighted by Gasteiger charge is -2.26. The number of anilines is 1. The molecule has 0 radical (unpaired) electrons. The van der Waals surface area contributed by atoms with Crippen molar-refractivity contribution in [3.05, 3.63) is 76.2 Å². The molecule has 0 saturated carbocycles. The quantitative estimate of drug-likeness (QED) is 0.257. The number of hydrogen-bond donors (Lipinski definition) is 0. The molecule has 2 aliphatic heterocycles. The second-order valence-electron chi connectivity index (χ2n) is 8.04. The first-order valence-electron chi connectivity index (χ1n) is 11.2. The van der Waals surface area contributed by atoms with Crippen molar-refractivity contribution in [1.29, 1.82) is 0 Å². The van der Waals surface area contributed by atoms with E-state index in [0.717, 1.165) is 10.5 Å².